The van der Waals surface area contributed by atoms with E-state index in [1.165, 1.54) is 0 Å². The number of aliphatic imine (C=N–C) groups is 1. The summed E-state index contributed by atoms with van der Waals surface area (Å²) < 4.78 is 11.1. The van der Waals surface area contributed by atoms with Crippen molar-refractivity contribution in [1.29, 1.82) is 0 Å². The molecule has 4 nitrogen and oxygen atoms in total. The van der Waals surface area contributed by atoms with Crippen LogP contribution in [0, 0.1) is 6.92 Å². The first-order chi connectivity index (χ1) is 11.7. The molecule has 0 radical (unpaired) electrons. The largest absolute Gasteiger partial charge is 0.493 e. The number of hydrogen-bond acceptors (Lipinski definition) is 4. The Morgan fingerprint density at radius 2 is 1.88 bits per heavy atom. The molecule has 0 spiro atoms. The van der Waals surface area contributed by atoms with E-state index in [2.05, 4.69) is 4.99 Å². The molecule has 0 saturated carbocycles. The number of carbonyl (C=O) groups excluding carboxylic acids is 1. The first-order valence-electron chi connectivity index (χ1n) is 7.99. The maximum atomic E-state index is 12.2. The summed E-state index contributed by atoms with van der Waals surface area (Å²) in [7, 11) is 0. The minimum Gasteiger partial charge on any atom is -0.493 e. The third-order valence-corrected chi connectivity index (χ3v) is 3.67. The molecule has 24 heavy (non-hydrogen) atoms. The molecule has 4 heteroatoms. The van der Waals surface area contributed by atoms with Crippen LogP contribution in [0.5, 0.6) is 5.75 Å². The van der Waals surface area contributed by atoms with Crippen molar-refractivity contribution >= 4 is 17.9 Å². The highest BCUT2D eigenvalue weighted by atomic mass is 16.6. The van der Waals surface area contributed by atoms with Crippen LogP contribution in [0.15, 0.2) is 59.2 Å². The van der Waals surface area contributed by atoms with Crippen LogP contribution < -0.4 is 4.74 Å². The van der Waals surface area contributed by atoms with E-state index >= 15 is 0 Å². The first kappa shape index (κ1) is 16.0. The molecule has 0 aliphatic carbocycles. The molecular formula is C20H19NO3. The van der Waals surface area contributed by atoms with Crippen molar-refractivity contribution in [1.82, 2.24) is 0 Å². The van der Waals surface area contributed by atoms with Crippen molar-refractivity contribution < 1.29 is 14.3 Å². The van der Waals surface area contributed by atoms with Crippen molar-refractivity contribution in [2.24, 2.45) is 4.99 Å². The van der Waals surface area contributed by atoms with Crippen molar-refractivity contribution in [3.05, 3.63) is 70.9 Å². The number of benzene rings is 2. The Balaban J connectivity index is 1.94. The maximum absolute atomic E-state index is 12.2. The summed E-state index contributed by atoms with van der Waals surface area (Å²) in [6.45, 7) is 4.64. The fourth-order valence-corrected chi connectivity index (χ4v) is 2.43. The summed E-state index contributed by atoms with van der Waals surface area (Å²) >= 11 is 0. The topological polar surface area (TPSA) is 47.9 Å². The van der Waals surface area contributed by atoms with E-state index in [1.807, 2.05) is 62.4 Å². The van der Waals surface area contributed by atoms with Crippen LogP contribution in [0.3, 0.4) is 0 Å². The van der Waals surface area contributed by atoms with Gasteiger partial charge in [-0.05, 0) is 37.1 Å². The monoisotopic (exact) mass is 321 g/mol. The lowest BCUT2D eigenvalue weighted by molar-refractivity contribution is -0.129. The van der Waals surface area contributed by atoms with Crippen LogP contribution in [0.2, 0.25) is 0 Å². The number of cyclic esters (lactones) is 1. The zero-order chi connectivity index (χ0) is 16.9. The van der Waals surface area contributed by atoms with Gasteiger partial charge in [0.15, 0.2) is 5.70 Å². The third kappa shape index (κ3) is 3.38. The van der Waals surface area contributed by atoms with Gasteiger partial charge >= 0.3 is 5.97 Å². The van der Waals surface area contributed by atoms with Gasteiger partial charge in [-0.3, -0.25) is 0 Å². The number of para-hydroxylation sites is 1. The lowest BCUT2D eigenvalue weighted by Crippen LogP contribution is -2.06. The lowest BCUT2D eigenvalue weighted by Gasteiger charge is -2.07. The van der Waals surface area contributed by atoms with E-state index in [1.54, 1.807) is 6.08 Å². The van der Waals surface area contributed by atoms with Crippen molar-refractivity contribution in [2.75, 3.05) is 6.61 Å². The number of carbonyl (C=O) groups is 1. The third-order valence-electron chi connectivity index (χ3n) is 3.67. The summed E-state index contributed by atoms with van der Waals surface area (Å²) in [5.74, 6) is 0.633. The highest BCUT2D eigenvalue weighted by molar-refractivity contribution is 6.13. The van der Waals surface area contributed by atoms with Crippen molar-refractivity contribution in [3.8, 4) is 5.75 Å². The average Bonchev–Trinajstić information content (AvgIpc) is 2.95. The van der Waals surface area contributed by atoms with Gasteiger partial charge in [-0.15, -0.1) is 0 Å². The van der Waals surface area contributed by atoms with Gasteiger partial charge in [0.2, 0.25) is 5.90 Å². The zero-order valence-electron chi connectivity index (χ0n) is 13.8. The van der Waals surface area contributed by atoms with E-state index in [0.29, 0.717) is 12.5 Å². The van der Waals surface area contributed by atoms with Crippen molar-refractivity contribution in [2.45, 2.75) is 20.3 Å². The fourth-order valence-electron chi connectivity index (χ4n) is 2.43. The van der Waals surface area contributed by atoms with Crippen LogP contribution in [0.1, 0.15) is 30.0 Å². The molecule has 0 atom stereocenters. The van der Waals surface area contributed by atoms with Gasteiger partial charge in [-0.2, -0.15) is 0 Å². The van der Waals surface area contributed by atoms with Gasteiger partial charge in [0.05, 0.1) is 6.61 Å². The summed E-state index contributed by atoms with van der Waals surface area (Å²) in [4.78, 5) is 16.5. The zero-order valence-corrected chi connectivity index (χ0v) is 13.8. The van der Waals surface area contributed by atoms with Crippen LogP contribution in [-0.2, 0) is 9.53 Å². The predicted octanol–water partition coefficient (Wildman–Crippen LogP) is 4.13. The molecule has 1 aliphatic heterocycles. The summed E-state index contributed by atoms with van der Waals surface area (Å²) in [6, 6.07) is 15.3. The molecule has 1 aliphatic rings. The number of nitrogens with zero attached hydrogens (tertiary/aromatic N) is 1. The first-order valence-corrected chi connectivity index (χ1v) is 7.99. The molecule has 0 unspecified atom stereocenters. The van der Waals surface area contributed by atoms with Crippen LogP contribution >= 0.6 is 0 Å². The highest BCUT2D eigenvalue weighted by Crippen LogP contribution is 2.25. The second-order valence-corrected chi connectivity index (χ2v) is 5.54. The van der Waals surface area contributed by atoms with Crippen LogP contribution in [0.4, 0.5) is 0 Å². The number of esters is 1. The lowest BCUT2D eigenvalue weighted by atomic mass is 10.1. The molecule has 0 N–H and O–H groups in total. The smallest absolute Gasteiger partial charge is 0.363 e. The second-order valence-electron chi connectivity index (χ2n) is 5.54. The molecule has 2 aromatic rings. The van der Waals surface area contributed by atoms with E-state index < -0.39 is 5.97 Å². The Morgan fingerprint density at radius 3 is 2.67 bits per heavy atom. The Labute approximate surface area is 141 Å². The molecule has 2 aromatic carbocycles. The second kappa shape index (κ2) is 7.13. The van der Waals surface area contributed by atoms with Crippen LogP contribution in [0.25, 0.3) is 6.08 Å². The quantitative estimate of drug-likeness (QED) is 0.614. The van der Waals surface area contributed by atoms with Crippen molar-refractivity contribution in [3.63, 3.8) is 0 Å². The average molecular weight is 321 g/mol. The standard InChI is InChI=1S/C20H19NO3/c1-3-12-23-18-11-7-5-9-15(18)13-17-20(22)24-19(21-17)16-10-6-4-8-14(16)2/h4-11,13H,3,12H2,1-2H3/b17-13-. The minimum atomic E-state index is -0.446. The summed E-state index contributed by atoms with van der Waals surface area (Å²) in [5.41, 5.74) is 2.93. The molecule has 0 bridgehead atoms. The number of rotatable bonds is 5. The number of hydrogen-bond donors (Lipinski definition) is 0. The molecular weight excluding hydrogens is 302 g/mol. The minimum absolute atomic E-state index is 0.279. The van der Waals surface area contributed by atoms with E-state index in [-0.39, 0.29) is 5.70 Å². The van der Waals surface area contributed by atoms with E-state index in [0.717, 1.165) is 28.9 Å². The molecule has 0 aromatic heterocycles. The maximum Gasteiger partial charge on any atom is 0.363 e. The van der Waals surface area contributed by atoms with Gasteiger partial charge in [-0.25, -0.2) is 9.79 Å². The molecule has 3 rings (SSSR count). The molecule has 0 amide bonds. The molecule has 1 heterocycles. The Morgan fingerprint density at radius 1 is 1.12 bits per heavy atom. The Kier molecular flexibility index (Phi) is 4.75. The SMILES string of the molecule is CCCOc1ccccc1/C=C1\N=C(c2ccccc2C)OC1=O. The van der Waals surface area contributed by atoms with Gasteiger partial charge < -0.3 is 9.47 Å². The fraction of sp³-hybridized carbons (Fsp3) is 0.200. The van der Waals surface area contributed by atoms with Gasteiger partial charge in [0, 0.05) is 11.1 Å². The Bertz CT molecular complexity index is 821. The Hall–Kier alpha value is -2.88. The number of aryl methyl sites for hydroxylation is 1. The van der Waals surface area contributed by atoms with Gasteiger partial charge in [-0.1, -0.05) is 43.3 Å². The van der Waals surface area contributed by atoms with Gasteiger partial charge in [0.1, 0.15) is 5.75 Å². The van der Waals surface area contributed by atoms with E-state index in [9.17, 15) is 4.79 Å². The number of ether oxygens (including phenoxy) is 2. The van der Waals surface area contributed by atoms with E-state index in [4.69, 9.17) is 9.47 Å². The summed E-state index contributed by atoms with van der Waals surface area (Å²) in [6.07, 6.45) is 2.63. The normalized spacial score (nSPS) is 15.3. The molecule has 122 valence electrons. The highest BCUT2D eigenvalue weighted by Gasteiger charge is 2.25. The van der Waals surface area contributed by atoms with Gasteiger partial charge in [0.25, 0.3) is 0 Å². The predicted molar refractivity (Wildman–Crippen MR) is 94.0 cm³/mol. The van der Waals surface area contributed by atoms with Crippen LogP contribution in [-0.4, -0.2) is 18.5 Å². The molecule has 0 saturated heterocycles. The summed E-state index contributed by atoms with van der Waals surface area (Å²) in [5, 5.41) is 0. The molecule has 0 fully saturated rings.